The molecule has 0 radical (unpaired) electrons. The van der Waals surface area contributed by atoms with E-state index >= 15 is 0 Å². The van der Waals surface area contributed by atoms with Crippen molar-refractivity contribution >= 4 is 38.6 Å². The second kappa shape index (κ2) is 5.63. The zero-order chi connectivity index (χ0) is 14.8. The zero-order valence-corrected chi connectivity index (χ0v) is 12.0. The van der Waals surface area contributed by atoms with Crippen LogP contribution in [0, 0.1) is 9.39 Å². The molecule has 106 valence electrons. The summed E-state index contributed by atoms with van der Waals surface area (Å²) < 4.78 is 68.1. The van der Waals surface area contributed by atoms with E-state index in [4.69, 9.17) is 4.55 Å². The molecule has 1 amide bonds. The van der Waals surface area contributed by atoms with Crippen LogP contribution in [0.3, 0.4) is 0 Å². The number of amides is 1. The van der Waals surface area contributed by atoms with Crippen LogP contribution in [0.2, 0.25) is 0 Å². The number of benzene rings is 1. The first-order valence-corrected chi connectivity index (χ1v) is 7.15. The Labute approximate surface area is 120 Å². The van der Waals surface area contributed by atoms with E-state index in [9.17, 15) is 26.4 Å². The minimum absolute atomic E-state index is 0.172. The maximum absolute atomic E-state index is 13.3. The standard InChI is InChI=1S/C9H7F3INO4S/c10-5-2-1-3-6(13)7(5)8(15)14-4-9(11,12)19(16,17)18/h1-3H,4H2,(H,14,15)(H,16,17,18). The number of carbonyl (C=O) groups is 1. The van der Waals surface area contributed by atoms with Gasteiger partial charge in [-0.15, -0.1) is 0 Å². The summed E-state index contributed by atoms with van der Waals surface area (Å²) in [6.07, 6.45) is 0. The van der Waals surface area contributed by atoms with Gasteiger partial charge in [0.2, 0.25) is 0 Å². The molecular weight excluding hydrogens is 402 g/mol. The number of rotatable bonds is 4. The van der Waals surface area contributed by atoms with E-state index < -0.39 is 39.2 Å². The fraction of sp³-hybridized carbons (Fsp3) is 0.222. The summed E-state index contributed by atoms with van der Waals surface area (Å²) in [5, 5.41) is -2.99. The van der Waals surface area contributed by atoms with Gasteiger partial charge in [0.25, 0.3) is 5.91 Å². The third-order valence-electron chi connectivity index (χ3n) is 2.02. The summed E-state index contributed by atoms with van der Waals surface area (Å²) in [7, 11) is -5.64. The Morgan fingerprint density at radius 2 is 2.00 bits per heavy atom. The van der Waals surface area contributed by atoms with Crippen LogP contribution < -0.4 is 5.32 Å². The summed E-state index contributed by atoms with van der Waals surface area (Å²) in [6, 6.07) is 3.65. The van der Waals surface area contributed by atoms with Crippen molar-refractivity contribution in [1.29, 1.82) is 0 Å². The lowest BCUT2D eigenvalue weighted by Crippen LogP contribution is -2.42. The normalized spacial score (nSPS) is 12.3. The highest BCUT2D eigenvalue weighted by Gasteiger charge is 2.44. The molecule has 0 saturated carbocycles. The molecule has 0 spiro atoms. The number of nitrogens with one attached hydrogen (secondary N) is 1. The van der Waals surface area contributed by atoms with Crippen molar-refractivity contribution in [3.05, 3.63) is 33.1 Å². The lowest BCUT2D eigenvalue weighted by molar-refractivity contribution is 0.0697. The van der Waals surface area contributed by atoms with Gasteiger partial charge in [-0.2, -0.15) is 17.2 Å². The SMILES string of the molecule is O=C(NCC(F)(F)S(=O)(=O)O)c1c(F)cccc1I. The van der Waals surface area contributed by atoms with E-state index in [1.165, 1.54) is 12.1 Å². The monoisotopic (exact) mass is 409 g/mol. The first-order valence-electron chi connectivity index (χ1n) is 4.63. The van der Waals surface area contributed by atoms with Gasteiger partial charge >= 0.3 is 15.4 Å². The van der Waals surface area contributed by atoms with Crippen LogP contribution in [0.4, 0.5) is 13.2 Å². The molecule has 1 aromatic carbocycles. The molecular formula is C9H7F3INO4S. The van der Waals surface area contributed by atoms with Gasteiger partial charge in [0.15, 0.2) is 0 Å². The molecule has 0 bridgehead atoms. The molecule has 19 heavy (non-hydrogen) atoms. The smallest absolute Gasteiger partial charge is 0.345 e. The number of hydrogen-bond acceptors (Lipinski definition) is 3. The van der Waals surface area contributed by atoms with E-state index in [0.29, 0.717) is 0 Å². The molecule has 0 heterocycles. The molecule has 0 aromatic heterocycles. The number of carbonyl (C=O) groups excluding carboxylic acids is 1. The lowest BCUT2D eigenvalue weighted by Gasteiger charge is -2.14. The topological polar surface area (TPSA) is 83.5 Å². The van der Waals surface area contributed by atoms with Gasteiger partial charge in [-0.1, -0.05) is 6.07 Å². The molecule has 0 fully saturated rings. The second-order valence-electron chi connectivity index (χ2n) is 3.39. The van der Waals surface area contributed by atoms with E-state index in [-0.39, 0.29) is 3.57 Å². The number of halogens is 4. The molecule has 0 saturated heterocycles. The molecule has 5 nitrogen and oxygen atoms in total. The quantitative estimate of drug-likeness (QED) is 0.585. The van der Waals surface area contributed by atoms with Crippen LogP contribution in [-0.4, -0.2) is 30.7 Å². The Morgan fingerprint density at radius 1 is 1.42 bits per heavy atom. The first-order chi connectivity index (χ1) is 8.56. The van der Waals surface area contributed by atoms with Gasteiger partial charge in [0, 0.05) is 3.57 Å². The largest absolute Gasteiger partial charge is 0.386 e. The Bertz CT molecular complexity index is 585. The van der Waals surface area contributed by atoms with Crippen LogP contribution in [-0.2, 0) is 10.1 Å². The first kappa shape index (κ1) is 16.2. The van der Waals surface area contributed by atoms with Crippen LogP contribution in [0.25, 0.3) is 0 Å². The van der Waals surface area contributed by atoms with Crippen LogP contribution in [0.15, 0.2) is 18.2 Å². The third kappa shape index (κ3) is 3.79. The summed E-state index contributed by atoms with van der Waals surface area (Å²) in [6.45, 7) is -1.66. The molecule has 0 aliphatic carbocycles. The van der Waals surface area contributed by atoms with Crippen molar-refractivity contribution in [2.45, 2.75) is 5.25 Å². The average molecular weight is 409 g/mol. The van der Waals surface area contributed by atoms with E-state index in [1.807, 2.05) is 0 Å². The van der Waals surface area contributed by atoms with Crippen molar-refractivity contribution in [3.63, 3.8) is 0 Å². The van der Waals surface area contributed by atoms with E-state index in [2.05, 4.69) is 0 Å². The van der Waals surface area contributed by atoms with Crippen molar-refractivity contribution in [2.75, 3.05) is 6.54 Å². The lowest BCUT2D eigenvalue weighted by atomic mass is 10.2. The molecule has 0 aliphatic heterocycles. The van der Waals surface area contributed by atoms with Crippen LogP contribution in [0.1, 0.15) is 10.4 Å². The van der Waals surface area contributed by atoms with E-state index in [0.717, 1.165) is 6.07 Å². The maximum atomic E-state index is 13.3. The summed E-state index contributed by atoms with van der Waals surface area (Å²) in [4.78, 5) is 11.5. The fourth-order valence-electron chi connectivity index (χ4n) is 1.08. The molecule has 1 rings (SSSR count). The molecule has 0 unspecified atom stereocenters. The van der Waals surface area contributed by atoms with E-state index in [1.54, 1.807) is 27.9 Å². The Kier molecular flexibility index (Phi) is 4.79. The Hall–Kier alpha value is -0.880. The highest BCUT2D eigenvalue weighted by molar-refractivity contribution is 14.1. The van der Waals surface area contributed by atoms with Gasteiger partial charge in [-0.05, 0) is 34.7 Å². The van der Waals surface area contributed by atoms with Gasteiger partial charge in [0.05, 0.1) is 12.1 Å². The third-order valence-corrected chi connectivity index (χ3v) is 3.82. The van der Waals surface area contributed by atoms with Gasteiger partial charge in [0.1, 0.15) is 5.82 Å². The number of alkyl halides is 2. The molecule has 1 aromatic rings. The Morgan fingerprint density at radius 3 is 2.47 bits per heavy atom. The Balaban J connectivity index is 2.89. The van der Waals surface area contributed by atoms with Crippen LogP contribution in [0.5, 0.6) is 0 Å². The highest BCUT2D eigenvalue weighted by atomic mass is 127. The molecule has 10 heteroatoms. The van der Waals surface area contributed by atoms with Crippen molar-refractivity contribution in [1.82, 2.24) is 5.32 Å². The van der Waals surface area contributed by atoms with Gasteiger partial charge < -0.3 is 5.32 Å². The zero-order valence-electron chi connectivity index (χ0n) is 9.03. The fourth-order valence-corrected chi connectivity index (χ4v) is 2.04. The average Bonchev–Trinajstić information content (AvgIpc) is 2.24. The maximum Gasteiger partial charge on any atom is 0.386 e. The summed E-state index contributed by atoms with van der Waals surface area (Å²) in [5.74, 6) is -2.13. The highest BCUT2D eigenvalue weighted by Crippen LogP contribution is 2.20. The molecule has 0 aliphatic rings. The minimum atomic E-state index is -5.64. The second-order valence-corrected chi connectivity index (χ2v) is 6.10. The van der Waals surface area contributed by atoms with Crippen molar-refractivity contribution < 1.29 is 30.9 Å². The van der Waals surface area contributed by atoms with Gasteiger partial charge in [-0.25, -0.2) is 4.39 Å². The summed E-state index contributed by atoms with van der Waals surface area (Å²) in [5.41, 5.74) is -0.478. The van der Waals surface area contributed by atoms with Crippen LogP contribution >= 0.6 is 22.6 Å². The predicted octanol–water partition coefficient (Wildman–Crippen LogP) is 1.64. The molecule has 0 atom stereocenters. The van der Waals surface area contributed by atoms with Gasteiger partial charge in [-0.3, -0.25) is 9.35 Å². The number of hydrogen-bond donors (Lipinski definition) is 2. The minimum Gasteiger partial charge on any atom is -0.345 e. The van der Waals surface area contributed by atoms with Crippen molar-refractivity contribution in [2.24, 2.45) is 0 Å². The van der Waals surface area contributed by atoms with Crippen molar-refractivity contribution in [3.8, 4) is 0 Å². The predicted molar refractivity (Wildman–Crippen MR) is 67.9 cm³/mol. The summed E-state index contributed by atoms with van der Waals surface area (Å²) >= 11 is 1.62. The molecule has 2 N–H and O–H groups in total.